The van der Waals surface area contributed by atoms with Gasteiger partial charge in [-0.05, 0) is 36.2 Å². The highest BCUT2D eigenvalue weighted by molar-refractivity contribution is 8.01. The van der Waals surface area contributed by atoms with Crippen molar-refractivity contribution in [1.29, 1.82) is 0 Å². The number of nitrogens with one attached hydrogen (secondary N) is 1. The average molecular weight is 366 g/mol. The van der Waals surface area contributed by atoms with E-state index in [-0.39, 0.29) is 0 Å². The molecule has 134 valence electrons. The van der Waals surface area contributed by atoms with Crippen molar-refractivity contribution in [3.63, 3.8) is 0 Å². The molecule has 5 rings (SSSR count). The normalized spacial score (nSPS) is 22.1. The Morgan fingerprint density at radius 3 is 3.04 bits per heavy atom. The largest absolute Gasteiger partial charge is 0.371 e. The summed E-state index contributed by atoms with van der Waals surface area (Å²) in [5.41, 5.74) is 3.67. The number of ether oxygens (including phenoxy) is 1. The Balaban J connectivity index is 1.15. The van der Waals surface area contributed by atoms with Gasteiger partial charge in [-0.1, -0.05) is 18.2 Å². The summed E-state index contributed by atoms with van der Waals surface area (Å²) in [6.07, 6.45) is 5.38. The van der Waals surface area contributed by atoms with E-state index in [0.29, 0.717) is 17.5 Å². The first-order valence-corrected chi connectivity index (χ1v) is 10.2. The highest BCUT2D eigenvalue weighted by Gasteiger charge is 2.49. The number of likely N-dealkylation sites (tertiary alicyclic amines) is 1. The fourth-order valence-electron chi connectivity index (χ4n) is 4.23. The van der Waals surface area contributed by atoms with Crippen LogP contribution in [0.25, 0.3) is 10.9 Å². The number of thioether (sulfide) groups is 1. The number of hydrogen-bond acceptors (Lipinski definition) is 4. The van der Waals surface area contributed by atoms with E-state index in [0.717, 1.165) is 24.4 Å². The second-order valence-corrected chi connectivity index (χ2v) is 8.94. The van der Waals surface area contributed by atoms with Gasteiger partial charge in [0.15, 0.2) is 0 Å². The van der Waals surface area contributed by atoms with Gasteiger partial charge in [0.2, 0.25) is 0 Å². The number of pyridine rings is 1. The number of benzene rings is 1. The number of nitrogens with zero attached hydrogens (tertiary/aromatic N) is 2. The van der Waals surface area contributed by atoms with E-state index < -0.39 is 0 Å². The summed E-state index contributed by atoms with van der Waals surface area (Å²) in [6, 6.07) is 14.7. The molecule has 2 aliphatic heterocycles. The summed E-state index contributed by atoms with van der Waals surface area (Å²) in [5.74, 6) is 1.11. The minimum atomic E-state index is 0.359. The lowest BCUT2D eigenvalue weighted by molar-refractivity contribution is 0.0252. The highest BCUT2D eigenvalue weighted by Crippen LogP contribution is 2.46. The predicted octanol–water partition coefficient (Wildman–Crippen LogP) is 3.84. The number of hydrogen-bond donors (Lipinski definition) is 1. The van der Waals surface area contributed by atoms with E-state index in [1.54, 1.807) is 0 Å². The molecule has 4 heterocycles. The van der Waals surface area contributed by atoms with Crippen LogP contribution in [-0.2, 0) is 17.9 Å². The van der Waals surface area contributed by atoms with Crippen LogP contribution in [0.3, 0.4) is 0 Å². The molecule has 0 radical (unpaired) electrons. The molecule has 0 saturated carbocycles. The Labute approximate surface area is 158 Å². The van der Waals surface area contributed by atoms with Crippen molar-refractivity contribution in [1.82, 2.24) is 14.9 Å². The van der Waals surface area contributed by atoms with Gasteiger partial charge in [-0.25, -0.2) is 0 Å². The molecule has 2 aromatic heterocycles. The zero-order chi connectivity index (χ0) is 17.4. The first kappa shape index (κ1) is 16.4. The standard InChI is InChI=1S/C21H23N3OS/c1-2-8-22-17(5-1)12-25-18-10-21(26-13-18)14-24(15-21)11-16-4-3-6-20-19(16)7-9-23-20/h1-9,18,23H,10-15H2/t18-/m0/s1. The van der Waals surface area contributed by atoms with Crippen LogP contribution in [-0.4, -0.2) is 44.6 Å². The number of H-pyrrole nitrogens is 1. The summed E-state index contributed by atoms with van der Waals surface area (Å²) in [6.45, 7) is 4.00. The summed E-state index contributed by atoms with van der Waals surface area (Å²) in [5, 5.41) is 1.35. The maximum atomic E-state index is 6.11. The van der Waals surface area contributed by atoms with Crippen molar-refractivity contribution in [2.24, 2.45) is 0 Å². The third-order valence-corrected chi connectivity index (χ3v) is 7.05. The fraction of sp³-hybridized carbons (Fsp3) is 0.381. The van der Waals surface area contributed by atoms with Crippen LogP contribution in [0, 0.1) is 0 Å². The molecule has 26 heavy (non-hydrogen) atoms. The number of aromatic nitrogens is 2. The minimum absolute atomic E-state index is 0.359. The highest BCUT2D eigenvalue weighted by atomic mass is 32.2. The maximum absolute atomic E-state index is 6.11. The lowest BCUT2D eigenvalue weighted by Gasteiger charge is -2.47. The van der Waals surface area contributed by atoms with Crippen LogP contribution in [0.2, 0.25) is 0 Å². The van der Waals surface area contributed by atoms with Gasteiger partial charge in [0, 0.05) is 53.4 Å². The molecule has 5 heteroatoms. The molecule has 2 fully saturated rings. The number of aromatic amines is 1. The van der Waals surface area contributed by atoms with Gasteiger partial charge in [-0.2, -0.15) is 0 Å². The Morgan fingerprint density at radius 1 is 1.19 bits per heavy atom. The molecule has 1 N–H and O–H groups in total. The first-order valence-electron chi connectivity index (χ1n) is 9.23. The molecule has 1 atom stereocenters. The monoisotopic (exact) mass is 365 g/mol. The molecule has 1 spiro atoms. The van der Waals surface area contributed by atoms with E-state index >= 15 is 0 Å². The molecule has 0 unspecified atom stereocenters. The van der Waals surface area contributed by atoms with Crippen LogP contribution in [0.1, 0.15) is 17.7 Å². The molecule has 0 amide bonds. The quantitative estimate of drug-likeness (QED) is 0.746. The molecular weight excluding hydrogens is 342 g/mol. The zero-order valence-electron chi connectivity index (χ0n) is 14.7. The first-order chi connectivity index (χ1) is 12.8. The maximum Gasteiger partial charge on any atom is 0.0892 e. The van der Waals surface area contributed by atoms with E-state index in [4.69, 9.17) is 4.74 Å². The van der Waals surface area contributed by atoms with Gasteiger partial charge in [-0.15, -0.1) is 11.8 Å². The third-order valence-electron chi connectivity index (χ3n) is 5.47. The van der Waals surface area contributed by atoms with E-state index in [1.165, 1.54) is 29.6 Å². The van der Waals surface area contributed by atoms with Crippen LogP contribution >= 0.6 is 11.8 Å². The molecule has 1 aromatic carbocycles. The molecule has 2 aliphatic rings. The Kier molecular flexibility index (Phi) is 4.23. The smallest absolute Gasteiger partial charge is 0.0892 e. The Bertz CT molecular complexity index is 888. The van der Waals surface area contributed by atoms with Crippen molar-refractivity contribution in [2.75, 3.05) is 18.8 Å². The van der Waals surface area contributed by atoms with Crippen LogP contribution in [0.4, 0.5) is 0 Å². The van der Waals surface area contributed by atoms with Crippen molar-refractivity contribution < 1.29 is 4.74 Å². The number of rotatable bonds is 5. The van der Waals surface area contributed by atoms with Gasteiger partial charge < -0.3 is 9.72 Å². The molecule has 0 aliphatic carbocycles. The van der Waals surface area contributed by atoms with Crippen LogP contribution in [0.5, 0.6) is 0 Å². The second kappa shape index (κ2) is 6.72. The van der Waals surface area contributed by atoms with E-state index in [2.05, 4.69) is 50.9 Å². The Hall–Kier alpha value is -1.82. The van der Waals surface area contributed by atoms with Gasteiger partial charge in [0.05, 0.1) is 18.4 Å². The van der Waals surface area contributed by atoms with E-state index in [9.17, 15) is 0 Å². The van der Waals surface area contributed by atoms with Gasteiger partial charge in [-0.3, -0.25) is 9.88 Å². The van der Waals surface area contributed by atoms with Crippen molar-refractivity contribution in [3.05, 3.63) is 66.1 Å². The molecule has 4 nitrogen and oxygen atoms in total. The van der Waals surface area contributed by atoms with Crippen LogP contribution < -0.4 is 0 Å². The van der Waals surface area contributed by atoms with Gasteiger partial charge in [0.25, 0.3) is 0 Å². The van der Waals surface area contributed by atoms with Crippen molar-refractivity contribution in [3.8, 4) is 0 Å². The fourth-order valence-corrected chi connectivity index (χ4v) is 5.83. The lowest BCUT2D eigenvalue weighted by Crippen LogP contribution is -2.58. The molecule has 0 bridgehead atoms. The second-order valence-electron chi connectivity index (χ2n) is 7.45. The molecule has 3 aromatic rings. The zero-order valence-corrected chi connectivity index (χ0v) is 15.5. The number of fused-ring (bicyclic) bond motifs is 1. The molecular formula is C21H23N3OS. The Morgan fingerprint density at radius 2 is 2.15 bits per heavy atom. The average Bonchev–Trinajstić information content (AvgIpc) is 3.28. The van der Waals surface area contributed by atoms with Crippen molar-refractivity contribution in [2.45, 2.75) is 30.4 Å². The SMILES string of the molecule is c1ccc(CO[C@@H]2CSC3(C2)CN(Cc2cccc4[nH]ccc24)C3)nc1. The lowest BCUT2D eigenvalue weighted by atomic mass is 9.92. The molecule has 2 saturated heterocycles. The van der Waals surface area contributed by atoms with Crippen LogP contribution in [0.15, 0.2) is 54.9 Å². The summed E-state index contributed by atoms with van der Waals surface area (Å²) in [4.78, 5) is 10.2. The predicted molar refractivity (Wildman–Crippen MR) is 106 cm³/mol. The minimum Gasteiger partial charge on any atom is -0.371 e. The third kappa shape index (κ3) is 3.15. The van der Waals surface area contributed by atoms with Gasteiger partial charge >= 0.3 is 0 Å². The van der Waals surface area contributed by atoms with Crippen molar-refractivity contribution >= 4 is 22.7 Å². The van der Waals surface area contributed by atoms with Gasteiger partial charge in [0.1, 0.15) is 0 Å². The van der Waals surface area contributed by atoms with E-state index in [1.807, 2.05) is 30.6 Å². The summed E-state index contributed by atoms with van der Waals surface area (Å²) >= 11 is 2.10. The topological polar surface area (TPSA) is 41.1 Å². The summed E-state index contributed by atoms with van der Waals surface area (Å²) < 4.78 is 6.52. The summed E-state index contributed by atoms with van der Waals surface area (Å²) in [7, 11) is 0.